The van der Waals surface area contributed by atoms with Crippen LogP contribution in [0.25, 0.3) is 0 Å². The minimum Gasteiger partial charge on any atom is -0.349 e. The van der Waals surface area contributed by atoms with Gasteiger partial charge in [0.1, 0.15) is 5.82 Å². The van der Waals surface area contributed by atoms with Crippen molar-refractivity contribution in [2.24, 2.45) is 11.7 Å². The number of nitrogens with two attached hydrogens (primary N) is 1. The van der Waals surface area contributed by atoms with Crippen molar-refractivity contribution in [1.82, 2.24) is 5.32 Å². The van der Waals surface area contributed by atoms with Gasteiger partial charge in [-0.3, -0.25) is 4.79 Å². The van der Waals surface area contributed by atoms with E-state index in [1.54, 1.807) is 12.1 Å². The normalized spacial score (nSPS) is 14.1. The molecule has 0 spiro atoms. The number of hydrogen-bond donors (Lipinski definition) is 2. The third-order valence-corrected chi connectivity index (χ3v) is 2.78. The standard InChI is InChI=1S/C13H19FN2O/c1-9(7-8-15)13(17)16-10(2)11-3-5-12(14)6-4-11/h3-6,9-10H,7-8,15H2,1-2H3,(H,16,17). The summed E-state index contributed by atoms with van der Waals surface area (Å²) >= 11 is 0. The lowest BCUT2D eigenvalue weighted by Gasteiger charge is -2.17. The van der Waals surface area contributed by atoms with Crippen molar-refractivity contribution in [2.45, 2.75) is 26.3 Å². The van der Waals surface area contributed by atoms with Gasteiger partial charge in [-0.1, -0.05) is 19.1 Å². The molecule has 1 aromatic rings. The number of carbonyl (C=O) groups excluding carboxylic acids is 1. The summed E-state index contributed by atoms with van der Waals surface area (Å²) in [6.45, 7) is 4.22. The van der Waals surface area contributed by atoms with Crippen LogP contribution in [0.15, 0.2) is 24.3 Å². The van der Waals surface area contributed by atoms with Crippen LogP contribution in [0.2, 0.25) is 0 Å². The van der Waals surface area contributed by atoms with Crippen LogP contribution in [0.3, 0.4) is 0 Å². The van der Waals surface area contributed by atoms with Gasteiger partial charge in [0, 0.05) is 5.92 Å². The Morgan fingerprint density at radius 1 is 1.35 bits per heavy atom. The van der Waals surface area contributed by atoms with Crippen LogP contribution in [0.5, 0.6) is 0 Å². The molecule has 17 heavy (non-hydrogen) atoms. The maximum absolute atomic E-state index is 12.7. The van der Waals surface area contributed by atoms with E-state index in [-0.39, 0.29) is 23.7 Å². The monoisotopic (exact) mass is 238 g/mol. The van der Waals surface area contributed by atoms with E-state index < -0.39 is 0 Å². The number of halogens is 1. The van der Waals surface area contributed by atoms with E-state index in [4.69, 9.17) is 5.73 Å². The minimum absolute atomic E-state index is 0.0210. The quantitative estimate of drug-likeness (QED) is 0.824. The number of nitrogens with one attached hydrogen (secondary N) is 1. The summed E-state index contributed by atoms with van der Waals surface area (Å²) in [5.41, 5.74) is 6.29. The molecule has 2 atom stereocenters. The Morgan fingerprint density at radius 2 is 1.94 bits per heavy atom. The van der Waals surface area contributed by atoms with Crippen LogP contribution in [0, 0.1) is 11.7 Å². The van der Waals surface area contributed by atoms with Crippen molar-refractivity contribution in [3.05, 3.63) is 35.6 Å². The second kappa shape index (κ2) is 6.35. The molecule has 3 N–H and O–H groups in total. The van der Waals surface area contributed by atoms with Gasteiger partial charge in [-0.05, 0) is 37.6 Å². The van der Waals surface area contributed by atoms with Crippen LogP contribution in [-0.2, 0) is 4.79 Å². The van der Waals surface area contributed by atoms with Crippen molar-refractivity contribution in [1.29, 1.82) is 0 Å². The average Bonchev–Trinajstić information content (AvgIpc) is 2.30. The van der Waals surface area contributed by atoms with E-state index >= 15 is 0 Å². The number of benzene rings is 1. The summed E-state index contributed by atoms with van der Waals surface area (Å²) in [7, 11) is 0. The molecule has 1 amide bonds. The molecular weight excluding hydrogens is 219 g/mol. The fourth-order valence-corrected chi connectivity index (χ4v) is 1.57. The summed E-state index contributed by atoms with van der Waals surface area (Å²) < 4.78 is 12.7. The lowest BCUT2D eigenvalue weighted by atomic mass is 10.0. The highest BCUT2D eigenvalue weighted by Gasteiger charge is 2.15. The van der Waals surface area contributed by atoms with Gasteiger partial charge in [0.2, 0.25) is 5.91 Å². The van der Waals surface area contributed by atoms with E-state index in [1.807, 2.05) is 13.8 Å². The molecule has 0 saturated carbocycles. The number of rotatable bonds is 5. The zero-order chi connectivity index (χ0) is 12.8. The first-order valence-electron chi connectivity index (χ1n) is 5.80. The molecule has 0 saturated heterocycles. The number of carbonyl (C=O) groups is 1. The first kappa shape index (κ1) is 13.6. The Hall–Kier alpha value is -1.42. The first-order valence-corrected chi connectivity index (χ1v) is 5.80. The fraction of sp³-hybridized carbons (Fsp3) is 0.462. The number of hydrogen-bond acceptors (Lipinski definition) is 2. The Balaban J connectivity index is 2.57. The van der Waals surface area contributed by atoms with Crippen molar-refractivity contribution in [2.75, 3.05) is 6.54 Å². The molecule has 0 aliphatic heterocycles. The molecule has 3 nitrogen and oxygen atoms in total. The van der Waals surface area contributed by atoms with Crippen LogP contribution in [-0.4, -0.2) is 12.5 Å². The molecule has 0 aliphatic carbocycles. The smallest absolute Gasteiger partial charge is 0.223 e. The summed E-state index contributed by atoms with van der Waals surface area (Å²) in [6.07, 6.45) is 0.669. The molecule has 0 aliphatic rings. The third kappa shape index (κ3) is 4.15. The maximum Gasteiger partial charge on any atom is 0.223 e. The zero-order valence-corrected chi connectivity index (χ0v) is 10.2. The van der Waals surface area contributed by atoms with Gasteiger partial charge in [-0.25, -0.2) is 4.39 Å². The maximum atomic E-state index is 12.7. The highest BCUT2D eigenvalue weighted by atomic mass is 19.1. The van der Waals surface area contributed by atoms with E-state index in [0.717, 1.165) is 5.56 Å². The van der Waals surface area contributed by atoms with Gasteiger partial charge >= 0.3 is 0 Å². The van der Waals surface area contributed by atoms with Crippen molar-refractivity contribution >= 4 is 5.91 Å². The van der Waals surface area contributed by atoms with E-state index in [2.05, 4.69) is 5.32 Å². The highest BCUT2D eigenvalue weighted by molar-refractivity contribution is 5.78. The predicted molar refractivity (Wildman–Crippen MR) is 65.8 cm³/mol. The minimum atomic E-state index is -0.274. The van der Waals surface area contributed by atoms with Crippen LogP contribution in [0.4, 0.5) is 4.39 Å². The van der Waals surface area contributed by atoms with Gasteiger partial charge in [0.15, 0.2) is 0 Å². The van der Waals surface area contributed by atoms with Gasteiger partial charge in [0.05, 0.1) is 6.04 Å². The lowest BCUT2D eigenvalue weighted by Crippen LogP contribution is -2.32. The molecule has 0 radical (unpaired) electrons. The Bertz CT molecular complexity index is 364. The third-order valence-electron chi connectivity index (χ3n) is 2.78. The Kier molecular flexibility index (Phi) is 5.10. The molecule has 0 fully saturated rings. The second-order valence-corrected chi connectivity index (χ2v) is 4.26. The number of amides is 1. The van der Waals surface area contributed by atoms with Crippen LogP contribution in [0.1, 0.15) is 31.9 Å². The molecule has 1 aromatic carbocycles. The average molecular weight is 238 g/mol. The molecule has 0 bridgehead atoms. The Labute approximate surface area is 101 Å². The molecule has 2 unspecified atom stereocenters. The highest BCUT2D eigenvalue weighted by Crippen LogP contribution is 2.14. The van der Waals surface area contributed by atoms with Crippen molar-refractivity contribution in [3.8, 4) is 0 Å². The molecule has 0 aromatic heterocycles. The first-order chi connectivity index (χ1) is 8.04. The molecule has 0 heterocycles. The summed E-state index contributed by atoms with van der Waals surface area (Å²) in [6, 6.07) is 6.01. The van der Waals surface area contributed by atoms with E-state index in [1.165, 1.54) is 12.1 Å². The molecule has 94 valence electrons. The van der Waals surface area contributed by atoms with Crippen molar-refractivity contribution < 1.29 is 9.18 Å². The topological polar surface area (TPSA) is 55.1 Å². The van der Waals surface area contributed by atoms with Gasteiger partial charge in [-0.2, -0.15) is 0 Å². The van der Waals surface area contributed by atoms with E-state index in [0.29, 0.717) is 13.0 Å². The lowest BCUT2D eigenvalue weighted by molar-refractivity contribution is -0.125. The van der Waals surface area contributed by atoms with Gasteiger partial charge < -0.3 is 11.1 Å². The second-order valence-electron chi connectivity index (χ2n) is 4.26. The summed E-state index contributed by atoms with van der Waals surface area (Å²) in [4.78, 5) is 11.7. The molecular formula is C13H19FN2O. The van der Waals surface area contributed by atoms with Gasteiger partial charge in [0.25, 0.3) is 0 Å². The summed E-state index contributed by atoms with van der Waals surface area (Å²) in [5.74, 6) is -0.390. The van der Waals surface area contributed by atoms with Gasteiger partial charge in [-0.15, -0.1) is 0 Å². The summed E-state index contributed by atoms with van der Waals surface area (Å²) in [5, 5.41) is 2.88. The SMILES string of the molecule is CC(CCN)C(=O)NC(C)c1ccc(F)cc1. The van der Waals surface area contributed by atoms with Crippen molar-refractivity contribution in [3.63, 3.8) is 0 Å². The predicted octanol–water partition coefficient (Wildman–Crippen LogP) is 1.99. The Morgan fingerprint density at radius 3 is 2.47 bits per heavy atom. The fourth-order valence-electron chi connectivity index (χ4n) is 1.57. The zero-order valence-electron chi connectivity index (χ0n) is 10.2. The largest absolute Gasteiger partial charge is 0.349 e. The molecule has 1 rings (SSSR count). The van der Waals surface area contributed by atoms with Crippen LogP contribution >= 0.6 is 0 Å². The molecule has 4 heteroatoms. The van der Waals surface area contributed by atoms with E-state index in [9.17, 15) is 9.18 Å². The van der Waals surface area contributed by atoms with Crippen LogP contribution < -0.4 is 11.1 Å².